The zero-order chi connectivity index (χ0) is 14.4. The van der Waals surface area contributed by atoms with Crippen LogP contribution in [0, 0.1) is 0 Å². The Kier molecular flexibility index (Phi) is 5.31. The minimum atomic E-state index is -0.501. The molecule has 2 heterocycles. The van der Waals surface area contributed by atoms with Gasteiger partial charge in [0.25, 0.3) is 5.19 Å². The highest BCUT2D eigenvalue weighted by Gasteiger charge is 2.17. The summed E-state index contributed by atoms with van der Waals surface area (Å²) >= 11 is 6.93. The average molecular weight is 313 g/mol. The standard InChI is InChI=1S/C13H13ClN2O3S/c1-18-12(17)10-11(14)16-13(20-10)19-8-2-3-9-4-6-15-7-5-9/h4-7H,2-3,8H2,1H3. The molecular formula is C13H13ClN2O3S. The lowest BCUT2D eigenvalue weighted by atomic mass is 10.1. The summed E-state index contributed by atoms with van der Waals surface area (Å²) in [5.74, 6) is -0.501. The number of carbonyl (C=O) groups excluding carboxylic acids is 1. The molecule has 5 nitrogen and oxygen atoms in total. The Morgan fingerprint density at radius 1 is 1.40 bits per heavy atom. The van der Waals surface area contributed by atoms with Crippen molar-refractivity contribution in [1.29, 1.82) is 0 Å². The predicted octanol–water partition coefficient (Wildman–Crippen LogP) is 2.99. The van der Waals surface area contributed by atoms with Crippen molar-refractivity contribution in [3.63, 3.8) is 0 Å². The Hall–Kier alpha value is -1.66. The molecule has 0 unspecified atom stereocenters. The van der Waals surface area contributed by atoms with Gasteiger partial charge in [0.15, 0.2) is 10.0 Å². The van der Waals surface area contributed by atoms with Crippen LogP contribution in [0.1, 0.15) is 21.7 Å². The van der Waals surface area contributed by atoms with Gasteiger partial charge in [0, 0.05) is 12.4 Å². The Morgan fingerprint density at radius 2 is 2.15 bits per heavy atom. The number of methoxy groups -OCH3 is 1. The molecule has 0 aliphatic heterocycles. The molecule has 0 spiro atoms. The maximum absolute atomic E-state index is 11.4. The molecule has 106 valence electrons. The summed E-state index contributed by atoms with van der Waals surface area (Å²) in [4.78, 5) is 19.6. The van der Waals surface area contributed by atoms with Gasteiger partial charge in [-0.05, 0) is 30.5 Å². The van der Waals surface area contributed by atoms with Crippen LogP contribution in [0.4, 0.5) is 0 Å². The van der Waals surface area contributed by atoms with Crippen molar-refractivity contribution in [3.8, 4) is 5.19 Å². The first-order valence-electron chi connectivity index (χ1n) is 5.97. The second-order valence-electron chi connectivity index (χ2n) is 3.90. The van der Waals surface area contributed by atoms with E-state index in [4.69, 9.17) is 16.3 Å². The molecule has 0 N–H and O–H groups in total. The fourth-order valence-electron chi connectivity index (χ4n) is 1.55. The number of halogens is 1. The number of hydrogen-bond acceptors (Lipinski definition) is 6. The molecule has 0 aliphatic carbocycles. The summed E-state index contributed by atoms with van der Waals surface area (Å²) in [6.45, 7) is 0.507. The van der Waals surface area contributed by atoms with E-state index in [0.29, 0.717) is 11.8 Å². The maximum Gasteiger partial charge on any atom is 0.351 e. The van der Waals surface area contributed by atoms with E-state index in [1.165, 1.54) is 12.7 Å². The van der Waals surface area contributed by atoms with Crippen LogP contribution in [-0.2, 0) is 11.2 Å². The molecule has 0 bridgehead atoms. The highest BCUT2D eigenvalue weighted by Crippen LogP contribution is 2.29. The third-order valence-electron chi connectivity index (χ3n) is 2.52. The molecule has 0 fully saturated rings. The van der Waals surface area contributed by atoms with E-state index in [1.807, 2.05) is 12.1 Å². The fraction of sp³-hybridized carbons (Fsp3) is 0.308. The van der Waals surface area contributed by atoms with Crippen LogP contribution < -0.4 is 4.74 Å². The van der Waals surface area contributed by atoms with Crippen molar-refractivity contribution in [2.45, 2.75) is 12.8 Å². The Bertz CT molecular complexity index is 574. The van der Waals surface area contributed by atoms with Gasteiger partial charge in [-0.3, -0.25) is 4.98 Å². The van der Waals surface area contributed by atoms with E-state index in [0.717, 1.165) is 24.2 Å². The molecule has 0 aromatic carbocycles. The Labute approximate surface area is 125 Å². The number of thiazole rings is 1. The van der Waals surface area contributed by atoms with E-state index >= 15 is 0 Å². The zero-order valence-corrected chi connectivity index (χ0v) is 12.4. The predicted molar refractivity (Wildman–Crippen MR) is 76.5 cm³/mol. The van der Waals surface area contributed by atoms with Gasteiger partial charge in [0.05, 0.1) is 13.7 Å². The second-order valence-corrected chi connectivity index (χ2v) is 5.22. The fourth-order valence-corrected chi connectivity index (χ4v) is 2.62. The number of aryl methyl sites for hydroxylation is 1. The molecule has 2 aromatic rings. The quantitative estimate of drug-likeness (QED) is 0.606. The van der Waals surface area contributed by atoms with E-state index in [-0.39, 0.29) is 10.0 Å². The summed E-state index contributed by atoms with van der Waals surface area (Å²) in [6.07, 6.45) is 5.26. The lowest BCUT2D eigenvalue weighted by Gasteiger charge is -2.02. The average Bonchev–Trinajstić information content (AvgIpc) is 2.85. The Balaban J connectivity index is 1.81. The van der Waals surface area contributed by atoms with Crippen LogP contribution >= 0.6 is 22.9 Å². The molecular weight excluding hydrogens is 300 g/mol. The Morgan fingerprint density at radius 3 is 2.85 bits per heavy atom. The lowest BCUT2D eigenvalue weighted by molar-refractivity contribution is 0.0606. The smallest absolute Gasteiger partial charge is 0.351 e. The molecule has 0 aliphatic rings. The zero-order valence-electron chi connectivity index (χ0n) is 10.8. The molecule has 0 saturated carbocycles. The highest BCUT2D eigenvalue weighted by molar-refractivity contribution is 7.15. The third-order valence-corrected chi connectivity index (χ3v) is 3.86. The molecule has 0 saturated heterocycles. The number of esters is 1. The van der Waals surface area contributed by atoms with Crippen LogP contribution in [0.5, 0.6) is 5.19 Å². The molecule has 20 heavy (non-hydrogen) atoms. The van der Waals surface area contributed by atoms with E-state index in [9.17, 15) is 4.79 Å². The van der Waals surface area contributed by atoms with Crippen molar-refractivity contribution in [3.05, 3.63) is 40.1 Å². The van der Waals surface area contributed by atoms with Gasteiger partial charge in [-0.2, -0.15) is 4.98 Å². The van der Waals surface area contributed by atoms with Gasteiger partial charge in [0.2, 0.25) is 0 Å². The summed E-state index contributed by atoms with van der Waals surface area (Å²) < 4.78 is 10.1. The van der Waals surface area contributed by atoms with E-state index in [2.05, 4.69) is 14.7 Å². The van der Waals surface area contributed by atoms with Gasteiger partial charge in [-0.25, -0.2) is 4.79 Å². The van der Waals surface area contributed by atoms with Crippen LogP contribution in [0.2, 0.25) is 5.15 Å². The van der Waals surface area contributed by atoms with Crippen molar-refractivity contribution >= 4 is 28.9 Å². The van der Waals surface area contributed by atoms with Crippen molar-refractivity contribution in [2.75, 3.05) is 13.7 Å². The summed E-state index contributed by atoms with van der Waals surface area (Å²) in [6, 6.07) is 3.94. The molecule has 0 amide bonds. The monoisotopic (exact) mass is 312 g/mol. The van der Waals surface area contributed by atoms with Crippen molar-refractivity contribution < 1.29 is 14.3 Å². The minimum Gasteiger partial charge on any atom is -0.470 e. The molecule has 2 aromatic heterocycles. The highest BCUT2D eigenvalue weighted by atomic mass is 35.5. The van der Waals surface area contributed by atoms with Crippen molar-refractivity contribution in [1.82, 2.24) is 9.97 Å². The summed E-state index contributed by atoms with van der Waals surface area (Å²) in [5.41, 5.74) is 1.20. The SMILES string of the molecule is COC(=O)c1sc(OCCCc2ccncc2)nc1Cl. The number of hydrogen-bond donors (Lipinski definition) is 0. The van der Waals surface area contributed by atoms with E-state index < -0.39 is 5.97 Å². The first kappa shape index (κ1) is 14.7. The minimum absolute atomic E-state index is 0.117. The van der Waals surface area contributed by atoms with Crippen LogP contribution in [0.15, 0.2) is 24.5 Å². The third kappa shape index (κ3) is 3.91. The van der Waals surface area contributed by atoms with Crippen LogP contribution in [0.25, 0.3) is 0 Å². The summed E-state index contributed by atoms with van der Waals surface area (Å²) in [5, 5.41) is 0.496. The topological polar surface area (TPSA) is 61.3 Å². The number of ether oxygens (including phenoxy) is 2. The van der Waals surface area contributed by atoms with Gasteiger partial charge in [-0.1, -0.05) is 22.9 Å². The molecule has 0 radical (unpaired) electrons. The van der Waals surface area contributed by atoms with Crippen LogP contribution in [0.3, 0.4) is 0 Å². The van der Waals surface area contributed by atoms with Crippen molar-refractivity contribution in [2.24, 2.45) is 0 Å². The molecule has 0 atom stereocenters. The van der Waals surface area contributed by atoms with E-state index in [1.54, 1.807) is 12.4 Å². The van der Waals surface area contributed by atoms with Gasteiger partial charge in [-0.15, -0.1) is 0 Å². The number of aromatic nitrogens is 2. The first-order chi connectivity index (χ1) is 9.70. The van der Waals surface area contributed by atoms with Crippen LogP contribution in [-0.4, -0.2) is 29.7 Å². The number of pyridine rings is 1. The lowest BCUT2D eigenvalue weighted by Crippen LogP contribution is -1.99. The normalized spacial score (nSPS) is 10.3. The first-order valence-corrected chi connectivity index (χ1v) is 7.16. The number of rotatable bonds is 6. The number of nitrogens with zero attached hydrogens (tertiary/aromatic N) is 2. The largest absolute Gasteiger partial charge is 0.470 e. The molecule has 7 heteroatoms. The van der Waals surface area contributed by atoms with Gasteiger partial charge < -0.3 is 9.47 Å². The van der Waals surface area contributed by atoms with Gasteiger partial charge in [0.1, 0.15) is 0 Å². The van der Waals surface area contributed by atoms with Gasteiger partial charge >= 0.3 is 5.97 Å². The number of carbonyl (C=O) groups is 1. The second kappa shape index (κ2) is 7.21. The summed E-state index contributed by atoms with van der Waals surface area (Å²) in [7, 11) is 1.30. The molecule has 2 rings (SSSR count). The maximum atomic E-state index is 11.4.